The summed E-state index contributed by atoms with van der Waals surface area (Å²) >= 11 is 4.19. The lowest BCUT2D eigenvalue weighted by Crippen LogP contribution is -1.96. The summed E-state index contributed by atoms with van der Waals surface area (Å²) in [6.07, 6.45) is 5.52. The second-order valence-electron chi connectivity index (χ2n) is 2.55. The second-order valence-corrected chi connectivity index (χ2v) is 5.78. The highest BCUT2D eigenvalue weighted by Gasteiger charge is 2.14. The Labute approximate surface area is 76.7 Å². The van der Waals surface area contributed by atoms with Crippen molar-refractivity contribution in [2.24, 2.45) is 0 Å². The zero-order valence-electron chi connectivity index (χ0n) is 6.08. The maximum absolute atomic E-state index is 4.19. The molecule has 60 valence electrons. The third kappa shape index (κ3) is 3.44. The van der Waals surface area contributed by atoms with E-state index < -0.39 is 0 Å². The Bertz CT molecular complexity index is 78.9. The number of unbranched alkanes of at least 4 members (excludes halogenated alkanes) is 1. The van der Waals surface area contributed by atoms with Crippen molar-refractivity contribution in [2.75, 3.05) is 11.5 Å². The maximum atomic E-state index is 4.19. The summed E-state index contributed by atoms with van der Waals surface area (Å²) < 4.78 is 0. The van der Waals surface area contributed by atoms with Gasteiger partial charge < -0.3 is 0 Å². The maximum Gasteiger partial charge on any atom is 0.0159 e. The van der Waals surface area contributed by atoms with Gasteiger partial charge in [0.05, 0.1) is 0 Å². The van der Waals surface area contributed by atoms with Gasteiger partial charge in [0, 0.05) is 11.0 Å². The minimum atomic E-state index is 0.963. The molecule has 0 aromatic heterocycles. The van der Waals surface area contributed by atoms with Gasteiger partial charge in [-0.3, -0.25) is 0 Å². The van der Waals surface area contributed by atoms with E-state index in [0.717, 1.165) is 11.0 Å². The van der Waals surface area contributed by atoms with E-state index in [1.54, 1.807) is 0 Å². The molecule has 0 bridgehead atoms. The summed E-state index contributed by atoms with van der Waals surface area (Å²) in [4.78, 5) is 0. The van der Waals surface area contributed by atoms with E-state index in [4.69, 9.17) is 0 Å². The van der Waals surface area contributed by atoms with E-state index >= 15 is 0 Å². The zero-order chi connectivity index (χ0) is 7.23. The molecule has 0 nitrogen and oxygen atoms in total. The number of thiol groups is 1. The molecule has 0 aliphatic carbocycles. The first kappa shape index (κ1) is 9.14. The first-order valence-electron chi connectivity index (χ1n) is 3.82. The van der Waals surface area contributed by atoms with Crippen LogP contribution in [-0.4, -0.2) is 16.8 Å². The van der Waals surface area contributed by atoms with Gasteiger partial charge in [-0.1, -0.05) is 28.0 Å². The molecular formula is C7H14S3. The van der Waals surface area contributed by atoms with Crippen molar-refractivity contribution in [2.45, 2.75) is 30.9 Å². The molecule has 1 heterocycles. The third-order valence-corrected chi connectivity index (χ3v) is 4.98. The van der Waals surface area contributed by atoms with Crippen molar-refractivity contribution in [1.29, 1.82) is 0 Å². The Morgan fingerprint density at radius 3 is 2.90 bits per heavy atom. The van der Waals surface area contributed by atoms with Gasteiger partial charge in [0.25, 0.3) is 0 Å². The van der Waals surface area contributed by atoms with Crippen LogP contribution in [0.15, 0.2) is 0 Å². The average Bonchev–Trinajstić information content (AvgIpc) is 2.41. The van der Waals surface area contributed by atoms with Crippen LogP contribution in [0.2, 0.25) is 0 Å². The number of rotatable bonds is 4. The molecule has 1 aliphatic heterocycles. The summed E-state index contributed by atoms with van der Waals surface area (Å²) in [5, 5.41) is 0.963. The average molecular weight is 194 g/mol. The molecule has 1 rings (SSSR count). The van der Waals surface area contributed by atoms with Crippen molar-refractivity contribution < 1.29 is 0 Å². The molecule has 0 saturated carbocycles. The minimum Gasteiger partial charge on any atom is -0.179 e. The van der Waals surface area contributed by atoms with Gasteiger partial charge in [-0.15, -0.1) is 0 Å². The Kier molecular flexibility index (Phi) is 5.18. The van der Waals surface area contributed by atoms with Crippen molar-refractivity contribution in [3.05, 3.63) is 0 Å². The van der Waals surface area contributed by atoms with Crippen molar-refractivity contribution >= 4 is 34.2 Å². The van der Waals surface area contributed by atoms with E-state index in [0.29, 0.717) is 0 Å². The highest BCUT2D eigenvalue weighted by Crippen LogP contribution is 2.39. The molecule has 1 aliphatic rings. The minimum absolute atomic E-state index is 0.963. The fourth-order valence-electron chi connectivity index (χ4n) is 1.05. The summed E-state index contributed by atoms with van der Waals surface area (Å²) in [6.45, 7) is 0. The molecule has 3 heteroatoms. The van der Waals surface area contributed by atoms with Gasteiger partial charge in [0.2, 0.25) is 0 Å². The summed E-state index contributed by atoms with van der Waals surface area (Å²) in [7, 11) is 4.12. The fraction of sp³-hybridized carbons (Fsp3) is 1.00. The Morgan fingerprint density at radius 1 is 1.40 bits per heavy atom. The quantitative estimate of drug-likeness (QED) is 0.414. The predicted octanol–water partition coefficient (Wildman–Crippen LogP) is 3.24. The van der Waals surface area contributed by atoms with Crippen LogP contribution in [0.4, 0.5) is 0 Å². The molecule has 10 heavy (non-hydrogen) atoms. The second kappa shape index (κ2) is 5.67. The van der Waals surface area contributed by atoms with Crippen molar-refractivity contribution in [3.63, 3.8) is 0 Å². The lowest BCUT2D eigenvalue weighted by molar-refractivity contribution is 0.683. The molecule has 1 saturated heterocycles. The molecule has 0 aromatic carbocycles. The molecule has 0 unspecified atom stereocenters. The fourth-order valence-corrected chi connectivity index (χ4v) is 4.30. The monoisotopic (exact) mass is 194 g/mol. The zero-order valence-corrected chi connectivity index (χ0v) is 8.61. The van der Waals surface area contributed by atoms with Gasteiger partial charge in [-0.25, -0.2) is 0 Å². The molecule has 0 N–H and O–H groups in total. The standard InChI is InChI=1S/C7H14S3/c8-5-2-1-3-7-4-6-9-10-7/h7-8H,1-6H2/t7-/m1/s1. The Hall–Kier alpha value is 1.05. The van der Waals surface area contributed by atoms with Crippen LogP contribution in [0.1, 0.15) is 25.7 Å². The van der Waals surface area contributed by atoms with Gasteiger partial charge in [-0.2, -0.15) is 12.6 Å². The molecule has 0 amide bonds. The number of hydrogen-bond acceptors (Lipinski definition) is 3. The van der Waals surface area contributed by atoms with Crippen LogP contribution in [0.5, 0.6) is 0 Å². The first-order valence-corrected chi connectivity index (χ1v) is 6.84. The van der Waals surface area contributed by atoms with Crippen LogP contribution in [-0.2, 0) is 0 Å². The van der Waals surface area contributed by atoms with Crippen LogP contribution in [0.3, 0.4) is 0 Å². The van der Waals surface area contributed by atoms with E-state index in [1.165, 1.54) is 31.4 Å². The van der Waals surface area contributed by atoms with E-state index in [1.807, 2.05) is 10.8 Å². The highest BCUT2D eigenvalue weighted by atomic mass is 33.1. The topological polar surface area (TPSA) is 0 Å². The van der Waals surface area contributed by atoms with Gasteiger partial charge in [0.15, 0.2) is 0 Å². The van der Waals surface area contributed by atoms with Gasteiger partial charge >= 0.3 is 0 Å². The molecule has 1 atom stereocenters. The lowest BCUT2D eigenvalue weighted by Gasteiger charge is -2.04. The molecule has 0 radical (unpaired) electrons. The van der Waals surface area contributed by atoms with Gasteiger partial charge in [-0.05, 0) is 25.0 Å². The van der Waals surface area contributed by atoms with Crippen LogP contribution < -0.4 is 0 Å². The summed E-state index contributed by atoms with van der Waals surface area (Å²) in [6, 6.07) is 0. The Balaban J connectivity index is 1.91. The van der Waals surface area contributed by atoms with Crippen molar-refractivity contribution in [3.8, 4) is 0 Å². The molecular weight excluding hydrogens is 180 g/mol. The molecule has 0 spiro atoms. The summed E-state index contributed by atoms with van der Waals surface area (Å²) in [5.74, 6) is 2.43. The highest BCUT2D eigenvalue weighted by molar-refractivity contribution is 8.77. The molecule has 1 fully saturated rings. The van der Waals surface area contributed by atoms with E-state index in [9.17, 15) is 0 Å². The van der Waals surface area contributed by atoms with Crippen LogP contribution in [0, 0.1) is 0 Å². The van der Waals surface area contributed by atoms with E-state index in [2.05, 4.69) is 23.4 Å². The lowest BCUT2D eigenvalue weighted by atomic mass is 10.2. The van der Waals surface area contributed by atoms with Gasteiger partial charge in [0.1, 0.15) is 0 Å². The predicted molar refractivity (Wildman–Crippen MR) is 56.2 cm³/mol. The van der Waals surface area contributed by atoms with Crippen molar-refractivity contribution in [1.82, 2.24) is 0 Å². The largest absolute Gasteiger partial charge is 0.179 e. The Morgan fingerprint density at radius 2 is 2.30 bits per heavy atom. The summed E-state index contributed by atoms with van der Waals surface area (Å²) in [5.41, 5.74) is 0. The normalized spacial score (nSPS) is 25.5. The van der Waals surface area contributed by atoms with Crippen LogP contribution in [0.25, 0.3) is 0 Å². The third-order valence-electron chi connectivity index (χ3n) is 1.66. The van der Waals surface area contributed by atoms with Crippen LogP contribution >= 0.6 is 34.2 Å². The van der Waals surface area contributed by atoms with E-state index in [-0.39, 0.29) is 0 Å². The SMILES string of the molecule is SCCCC[C@@H]1CCSS1. The first-order chi connectivity index (χ1) is 4.93. The smallest absolute Gasteiger partial charge is 0.0159 e. The number of hydrogen-bond donors (Lipinski definition) is 1. The molecule has 0 aromatic rings.